The molecule has 0 unspecified atom stereocenters. The lowest BCUT2D eigenvalue weighted by Gasteiger charge is -1.99. The number of fused-ring (bicyclic) bond motifs is 1. The molecule has 0 radical (unpaired) electrons. The molecular weight excluding hydrogens is 302 g/mol. The van der Waals surface area contributed by atoms with Crippen LogP contribution in [0.15, 0.2) is 47.1 Å². The van der Waals surface area contributed by atoms with Gasteiger partial charge in [-0.25, -0.2) is 9.50 Å². The van der Waals surface area contributed by atoms with Crippen molar-refractivity contribution in [1.82, 2.24) is 14.6 Å². The summed E-state index contributed by atoms with van der Waals surface area (Å²) in [5.74, 6) is 0.889. The Kier molecular flexibility index (Phi) is 3.34. The van der Waals surface area contributed by atoms with E-state index in [0.29, 0.717) is 0 Å². The third-order valence-corrected chi connectivity index (χ3v) is 3.56. The second-order valence-corrected chi connectivity index (χ2v) is 5.58. The standard InChI is InChI=1S/C15H14BrN3/c1-11-3-2-4-12(9-11)5-6-14-17-15-10-13(16)7-8-19(15)18-14/h2-4,7-10H,5-6H2,1H3. The van der Waals surface area contributed by atoms with Crippen molar-refractivity contribution in [2.24, 2.45) is 0 Å². The Morgan fingerprint density at radius 1 is 1.16 bits per heavy atom. The van der Waals surface area contributed by atoms with E-state index in [0.717, 1.165) is 28.8 Å². The van der Waals surface area contributed by atoms with Gasteiger partial charge in [0.05, 0.1) is 0 Å². The molecular formula is C15H14BrN3. The van der Waals surface area contributed by atoms with Crippen molar-refractivity contribution in [3.05, 3.63) is 64.0 Å². The molecule has 0 aliphatic rings. The van der Waals surface area contributed by atoms with Crippen LogP contribution in [0.25, 0.3) is 5.65 Å². The fraction of sp³-hybridized carbons (Fsp3) is 0.200. The SMILES string of the molecule is Cc1cccc(CCc2nc3cc(Br)ccn3n2)c1. The second kappa shape index (κ2) is 5.13. The van der Waals surface area contributed by atoms with Crippen molar-refractivity contribution in [2.45, 2.75) is 19.8 Å². The van der Waals surface area contributed by atoms with Crippen molar-refractivity contribution >= 4 is 21.6 Å². The molecule has 19 heavy (non-hydrogen) atoms. The maximum Gasteiger partial charge on any atom is 0.156 e. The number of pyridine rings is 1. The lowest BCUT2D eigenvalue weighted by atomic mass is 10.1. The van der Waals surface area contributed by atoms with Gasteiger partial charge in [0.1, 0.15) is 0 Å². The summed E-state index contributed by atoms with van der Waals surface area (Å²) in [7, 11) is 0. The van der Waals surface area contributed by atoms with Gasteiger partial charge in [0, 0.05) is 17.1 Å². The lowest BCUT2D eigenvalue weighted by Crippen LogP contribution is -1.94. The summed E-state index contributed by atoms with van der Waals surface area (Å²) >= 11 is 3.44. The zero-order chi connectivity index (χ0) is 13.2. The molecule has 0 fully saturated rings. The highest BCUT2D eigenvalue weighted by Gasteiger charge is 2.04. The smallest absolute Gasteiger partial charge is 0.156 e. The van der Waals surface area contributed by atoms with Gasteiger partial charge in [0.15, 0.2) is 11.5 Å². The number of nitrogens with zero attached hydrogens (tertiary/aromatic N) is 3. The molecule has 96 valence electrons. The zero-order valence-electron chi connectivity index (χ0n) is 10.7. The van der Waals surface area contributed by atoms with E-state index in [-0.39, 0.29) is 0 Å². The summed E-state index contributed by atoms with van der Waals surface area (Å²) in [5, 5.41) is 4.48. The molecule has 2 aromatic heterocycles. The maximum absolute atomic E-state index is 4.53. The van der Waals surface area contributed by atoms with Gasteiger partial charge < -0.3 is 0 Å². The summed E-state index contributed by atoms with van der Waals surface area (Å²) in [5.41, 5.74) is 3.51. The first kappa shape index (κ1) is 12.4. The first-order chi connectivity index (χ1) is 9.20. The normalized spacial score (nSPS) is 11.1. The topological polar surface area (TPSA) is 30.2 Å². The molecule has 0 bridgehead atoms. The fourth-order valence-electron chi connectivity index (χ4n) is 2.13. The van der Waals surface area contributed by atoms with Gasteiger partial charge in [-0.05, 0) is 31.0 Å². The van der Waals surface area contributed by atoms with Crippen LogP contribution < -0.4 is 0 Å². The van der Waals surface area contributed by atoms with Crippen LogP contribution in [0, 0.1) is 6.92 Å². The zero-order valence-corrected chi connectivity index (χ0v) is 12.3. The van der Waals surface area contributed by atoms with Crippen LogP contribution in [0.5, 0.6) is 0 Å². The van der Waals surface area contributed by atoms with E-state index in [1.165, 1.54) is 11.1 Å². The van der Waals surface area contributed by atoms with Crippen LogP contribution in [0.4, 0.5) is 0 Å². The summed E-state index contributed by atoms with van der Waals surface area (Å²) in [6.07, 6.45) is 3.76. The van der Waals surface area contributed by atoms with Crippen LogP contribution in [0.1, 0.15) is 17.0 Å². The molecule has 1 aromatic carbocycles. The molecule has 0 amide bonds. The van der Waals surface area contributed by atoms with E-state index < -0.39 is 0 Å². The third kappa shape index (κ3) is 2.84. The average molecular weight is 316 g/mol. The first-order valence-electron chi connectivity index (χ1n) is 6.27. The van der Waals surface area contributed by atoms with E-state index >= 15 is 0 Å². The fourth-order valence-corrected chi connectivity index (χ4v) is 2.46. The van der Waals surface area contributed by atoms with Gasteiger partial charge in [-0.1, -0.05) is 45.8 Å². The first-order valence-corrected chi connectivity index (χ1v) is 7.06. The van der Waals surface area contributed by atoms with Crippen LogP contribution in [0.3, 0.4) is 0 Å². The van der Waals surface area contributed by atoms with E-state index in [1.54, 1.807) is 0 Å². The highest BCUT2D eigenvalue weighted by Crippen LogP contribution is 2.13. The number of hydrogen-bond acceptors (Lipinski definition) is 2. The van der Waals surface area contributed by atoms with Crippen LogP contribution >= 0.6 is 15.9 Å². The number of halogens is 1. The van der Waals surface area contributed by atoms with Crippen molar-refractivity contribution in [3.8, 4) is 0 Å². The number of hydrogen-bond donors (Lipinski definition) is 0. The number of aryl methyl sites for hydroxylation is 3. The van der Waals surface area contributed by atoms with Crippen LogP contribution in [-0.4, -0.2) is 14.6 Å². The molecule has 0 aliphatic heterocycles. The number of benzene rings is 1. The predicted molar refractivity (Wildman–Crippen MR) is 79.3 cm³/mol. The van der Waals surface area contributed by atoms with E-state index in [2.05, 4.69) is 57.2 Å². The Hall–Kier alpha value is -1.68. The summed E-state index contributed by atoms with van der Waals surface area (Å²) in [6.45, 7) is 2.12. The molecule has 0 atom stereocenters. The minimum absolute atomic E-state index is 0.864. The number of aromatic nitrogens is 3. The average Bonchev–Trinajstić information content (AvgIpc) is 2.78. The van der Waals surface area contributed by atoms with Gasteiger partial charge >= 0.3 is 0 Å². The molecule has 0 spiro atoms. The Morgan fingerprint density at radius 2 is 2.05 bits per heavy atom. The monoisotopic (exact) mass is 315 g/mol. The van der Waals surface area contributed by atoms with Gasteiger partial charge in [0.2, 0.25) is 0 Å². The second-order valence-electron chi connectivity index (χ2n) is 4.66. The van der Waals surface area contributed by atoms with Gasteiger partial charge in [-0.15, -0.1) is 0 Å². The molecule has 3 rings (SSSR count). The minimum Gasteiger partial charge on any atom is -0.221 e. The van der Waals surface area contributed by atoms with Crippen molar-refractivity contribution < 1.29 is 0 Å². The molecule has 0 N–H and O–H groups in total. The lowest BCUT2D eigenvalue weighted by molar-refractivity contribution is 0.836. The highest BCUT2D eigenvalue weighted by atomic mass is 79.9. The van der Waals surface area contributed by atoms with Crippen molar-refractivity contribution in [3.63, 3.8) is 0 Å². The summed E-state index contributed by atoms with van der Waals surface area (Å²) in [4.78, 5) is 4.53. The quantitative estimate of drug-likeness (QED) is 0.739. The predicted octanol–water partition coefficient (Wildman–Crippen LogP) is 3.59. The van der Waals surface area contributed by atoms with Crippen LogP contribution in [-0.2, 0) is 12.8 Å². The Balaban J connectivity index is 1.78. The Morgan fingerprint density at radius 3 is 2.89 bits per heavy atom. The van der Waals surface area contributed by atoms with E-state index in [1.807, 2.05) is 22.8 Å². The largest absolute Gasteiger partial charge is 0.221 e. The molecule has 0 saturated carbocycles. The third-order valence-electron chi connectivity index (χ3n) is 3.06. The van der Waals surface area contributed by atoms with Crippen LogP contribution in [0.2, 0.25) is 0 Å². The van der Waals surface area contributed by atoms with Gasteiger partial charge in [-0.3, -0.25) is 0 Å². The van der Waals surface area contributed by atoms with Gasteiger partial charge in [-0.2, -0.15) is 5.10 Å². The Bertz CT molecular complexity index is 718. The highest BCUT2D eigenvalue weighted by molar-refractivity contribution is 9.10. The summed E-state index contributed by atoms with van der Waals surface area (Å²) < 4.78 is 2.84. The van der Waals surface area contributed by atoms with E-state index in [4.69, 9.17) is 0 Å². The minimum atomic E-state index is 0.864. The van der Waals surface area contributed by atoms with E-state index in [9.17, 15) is 0 Å². The van der Waals surface area contributed by atoms with Crippen molar-refractivity contribution in [2.75, 3.05) is 0 Å². The molecule has 0 saturated heterocycles. The van der Waals surface area contributed by atoms with Crippen molar-refractivity contribution in [1.29, 1.82) is 0 Å². The van der Waals surface area contributed by atoms with Gasteiger partial charge in [0.25, 0.3) is 0 Å². The molecule has 2 heterocycles. The molecule has 0 aliphatic carbocycles. The molecule has 3 nitrogen and oxygen atoms in total. The number of rotatable bonds is 3. The Labute approximate surface area is 120 Å². The maximum atomic E-state index is 4.53. The molecule has 4 heteroatoms. The summed E-state index contributed by atoms with van der Waals surface area (Å²) in [6, 6.07) is 12.5. The molecule has 3 aromatic rings.